The van der Waals surface area contributed by atoms with Gasteiger partial charge in [-0.05, 0) is 279 Å². The van der Waals surface area contributed by atoms with Gasteiger partial charge in [0.1, 0.15) is 58.1 Å². The van der Waals surface area contributed by atoms with Crippen LogP contribution in [-0.4, -0.2) is 48.6 Å². The van der Waals surface area contributed by atoms with E-state index in [0.29, 0.717) is 94.7 Å². The van der Waals surface area contributed by atoms with Gasteiger partial charge in [-0.2, -0.15) is 21.0 Å². The van der Waals surface area contributed by atoms with Crippen molar-refractivity contribution >= 4 is 50.3 Å². The number of hydrogen-bond donors (Lipinski definition) is 4. The lowest BCUT2D eigenvalue weighted by molar-refractivity contribution is 0.274. The van der Waals surface area contributed by atoms with E-state index >= 15 is 0 Å². The van der Waals surface area contributed by atoms with Crippen molar-refractivity contribution in [2.24, 2.45) is 0 Å². The molecule has 4 N–H and O–H groups in total. The van der Waals surface area contributed by atoms with E-state index < -0.39 is 28.5 Å². The third-order valence-corrected chi connectivity index (χ3v) is 16.5. The van der Waals surface area contributed by atoms with Crippen LogP contribution in [0.3, 0.4) is 0 Å². The third-order valence-electron chi connectivity index (χ3n) is 16.5. The fraction of sp³-hybridized carbons (Fsp3) is 0.235. The Bertz CT molecular complexity index is 4260. The lowest BCUT2D eigenvalue weighted by Gasteiger charge is -2.14. The highest BCUT2D eigenvalue weighted by Gasteiger charge is 2.33. The first-order valence-corrected chi connectivity index (χ1v) is 28.5. The van der Waals surface area contributed by atoms with Crippen molar-refractivity contribution in [2.45, 2.75) is 110 Å². The molecule has 4 aliphatic heterocycles. The number of aryl methyl sites for hydroxylation is 8. The molecule has 0 bridgehead atoms. The molecular weight excluding hydrogens is 1110 g/mol. The molecule has 0 atom stereocenters. The molecule has 0 amide bonds. The first kappa shape index (κ1) is 63.4. The Kier molecular flexibility index (Phi) is 19.3. The Morgan fingerprint density at radius 2 is 0.670 bits per heavy atom. The smallest absolute Gasteiger partial charge is 0.457 e. The second kappa shape index (κ2) is 26.9. The van der Waals surface area contributed by atoms with Crippen LogP contribution < -0.4 is 40.8 Å². The Labute approximate surface area is 514 Å². The molecule has 0 saturated carbocycles. The average molecular weight is 1170 g/mol. The van der Waals surface area contributed by atoms with Crippen LogP contribution in [0.1, 0.15) is 111 Å². The van der Waals surface area contributed by atoms with Crippen LogP contribution in [-0.2, 0) is 45.0 Å². The zero-order valence-electron chi connectivity index (χ0n) is 51.2. The van der Waals surface area contributed by atoms with Gasteiger partial charge in [0.15, 0.2) is 0 Å². The fourth-order valence-corrected chi connectivity index (χ4v) is 10.8. The number of fused-ring (bicyclic) bond motifs is 4. The molecule has 88 heavy (non-hydrogen) atoms. The largest absolute Gasteiger partial charge is 0.492 e. The molecule has 20 heteroatoms. The Balaban J connectivity index is 0.000000140. The molecule has 8 aromatic carbocycles. The summed E-state index contributed by atoms with van der Waals surface area (Å²) in [6, 6.07) is 38.2. The van der Waals surface area contributed by atoms with Gasteiger partial charge >= 0.3 is 28.5 Å². The minimum atomic E-state index is -0.862. The van der Waals surface area contributed by atoms with Crippen molar-refractivity contribution in [1.82, 2.24) is 0 Å². The first-order valence-electron chi connectivity index (χ1n) is 28.5. The van der Waals surface area contributed by atoms with Crippen molar-refractivity contribution in [1.29, 1.82) is 21.0 Å². The van der Waals surface area contributed by atoms with Crippen molar-refractivity contribution in [3.63, 3.8) is 0 Å². The Morgan fingerprint density at radius 3 is 1.10 bits per heavy atom. The summed E-state index contributed by atoms with van der Waals surface area (Å²) in [6.45, 7) is 24.9. The molecule has 440 valence electrons. The standard InChI is InChI=1S/4C17H16BNO3/c1-10-4-13(8-19)16(6-11(10)2)22-15-5-12(3)17-14(7-15)9-21-18(17)20;1-10-4-15(6-13(8-19)12(10)3)22-16-5-11(2)17-14(7-16)9-21-18(17)20;1-10-6-14(7-13(8-19)11(10)2)22-17-5-4-16-15(12(17)3)9-21-18(16)20;1-10-6-13(8-19)17(7-11(10)2)22-16-5-4-15-14(12(16)3)9-21-18(15)20/h4*4-7,20H,9H2,1-3H3. The van der Waals surface area contributed by atoms with E-state index in [0.717, 1.165) is 111 Å². The zero-order chi connectivity index (χ0) is 63.4. The summed E-state index contributed by atoms with van der Waals surface area (Å²) in [6.07, 6.45) is 0. The second-order valence-corrected chi connectivity index (χ2v) is 22.3. The van der Waals surface area contributed by atoms with Crippen LogP contribution >= 0.6 is 0 Å². The number of hydrogen-bond acceptors (Lipinski definition) is 16. The predicted molar refractivity (Wildman–Crippen MR) is 337 cm³/mol. The normalized spacial score (nSPS) is 13.0. The molecule has 16 nitrogen and oxygen atoms in total. The van der Waals surface area contributed by atoms with E-state index in [9.17, 15) is 41.1 Å². The lowest BCUT2D eigenvalue weighted by Crippen LogP contribution is -2.30. The first-order chi connectivity index (χ1) is 42.0. The van der Waals surface area contributed by atoms with Gasteiger partial charge in [-0.1, -0.05) is 12.1 Å². The van der Waals surface area contributed by atoms with E-state index in [-0.39, 0.29) is 0 Å². The summed E-state index contributed by atoms with van der Waals surface area (Å²) < 4.78 is 44.7. The molecule has 4 heterocycles. The predicted octanol–water partition coefficient (Wildman–Crippen LogP) is 9.97. The van der Waals surface area contributed by atoms with E-state index in [1.807, 2.05) is 168 Å². The minimum absolute atomic E-state index is 0.368. The molecular formula is C68H64B4N4O12. The maximum atomic E-state index is 9.79. The number of ether oxygens (including phenoxy) is 4. The van der Waals surface area contributed by atoms with Crippen LogP contribution in [0.15, 0.2) is 97.1 Å². The lowest BCUT2D eigenvalue weighted by atomic mass is 9.76. The summed E-state index contributed by atoms with van der Waals surface area (Å²) in [7, 11) is -3.43. The molecule has 0 aliphatic carbocycles. The molecule has 0 fully saturated rings. The van der Waals surface area contributed by atoms with Gasteiger partial charge in [-0.15, -0.1) is 0 Å². The Hall–Kier alpha value is -9.14. The molecule has 0 unspecified atom stereocenters. The average Bonchev–Trinajstić information content (AvgIpc) is 2.80. The van der Waals surface area contributed by atoms with E-state index in [4.69, 9.17) is 37.6 Å². The highest BCUT2D eigenvalue weighted by molar-refractivity contribution is 6.63. The zero-order valence-corrected chi connectivity index (χ0v) is 51.2. The van der Waals surface area contributed by atoms with Crippen molar-refractivity contribution < 1.29 is 57.7 Å². The van der Waals surface area contributed by atoms with Crippen LogP contribution in [0.5, 0.6) is 46.0 Å². The second-order valence-electron chi connectivity index (χ2n) is 22.3. The fourth-order valence-electron chi connectivity index (χ4n) is 10.8. The quantitative estimate of drug-likeness (QED) is 0.103. The van der Waals surface area contributed by atoms with Crippen LogP contribution in [0, 0.1) is 128 Å². The summed E-state index contributed by atoms with van der Waals surface area (Å²) in [5.74, 6) is 5.09. The molecule has 4 aliphatic rings. The minimum Gasteiger partial charge on any atom is -0.457 e. The Morgan fingerprint density at radius 1 is 0.330 bits per heavy atom. The van der Waals surface area contributed by atoms with Crippen molar-refractivity contribution in [3.05, 3.63) is 208 Å². The van der Waals surface area contributed by atoms with E-state index in [1.165, 1.54) is 0 Å². The number of rotatable bonds is 8. The van der Waals surface area contributed by atoms with Crippen LogP contribution in [0.4, 0.5) is 0 Å². The highest BCUT2D eigenvalue weighted by atomic mass is 16.5. The summed E-state index contributed by atoms with van der Waals surface area (Å²) in [5.41, 5.74) is 21.2. The van der Waals surface area contributed by atoms with Gasteiger partial charge in [0.2, 0.25) is 0 Å². The van der Waals surface area contributed by atoms with Crippen molar-refractivity contribution in [3.8, 4) is 70.3 Å². The van der Waals surface area contributed by atoms with Gasteiger partial charge in [0, 0.05) is 0 Å². The van der Waals surface area contributed by atoms with E-state index in [2.05, 4.69) is 24.3 Å². The summed E-state index contributed by atoms with van der Waals surface area (Å²) in [4.78, 5) is 0. The van der Waals surface area contributed by atoms with E-state index in [1.54, 1.807) is 12.1 Å². The molecule has 0 radical (unpaired) electrons. The monoisotopic (exact) mass is 1170 g/mol. The summed E-state index contributed by atoms with van der Waals surface area (Å²) >= 11 is 0. The molecule has 0 saturated heterocycles. The summed E-state index contributed by atoms with van der Waals surface area (Å²) in [5, 5.41) is 76.0. The number of nitriles is 4. The number of nitrogens with zero attached hydrogens (tertiary/aromatic N) is 4. The van der Waals surface area contributed by atoms with Gasteiger partial charge in [0.05, 0.1) is 60.8 Å². The van der Waals surface area contributed by atoms with Gasteiger partial charge in [0.25, 0.3) is 0 Å². The number of benzene rings is 8. The maximum absolute atomic E-state index is 9.79. The maximum Gasteiger partial charge on any atom is 0.492 e. The van der Waals surface area contributed by atoms with Crippen LogP contribution in [0.25, 0.3) is 0 Å². The van der Waals surface area contributed by atoms with Crippen molar-refractivity contribution in [2.75, 3.05) is 0 Å². The van der Waals surface area contributed by atoms with Gasteiger partial charge in [-0.25, -0.2) is 0 Å². The molecule has 0 aromatic heterocycles. The molecule has 12 rings (SSSR count). The van der Waals surface area contributed by atoms with Gasteiger partial charge < -0.3 is 57.7 Å². The van der Waals surface area contributed by atoms with Gasteiger partial charge in [-0.3, -0.25) is 0 Å². The third kappa shape index (κ3) is 13.5. The SMILES string of the molecule is Cc1cc(C#N)c(Oc2cc(C)c3c(c2)COB3O)cc1C.Cc1cc(C#N)c(Oc2ccc3c(c2C)COB3O)cc1C.Cc1cc(Oc2cc(C)c3c(c2)COB3O)cc(C#N)c1C.Cc1cc(Oc2ccc3c(c2C)COB3O)cc(C#N)c1C. The van der Waals surface area contributed by atoms with Crippen LogP contribution in [0.2, 0.25) is 0 Å². The molecule has 8 aromatic rings. The topological polar surface area (TPSA) is 250 Å². The molecule has 0 spiro atoms. The highest BCUT2D eigenvalue weighted by Crippen LogP contribution is 2.35.